The minimum Gasteiger partial charge on any atom is -0.489 e. The van der Waals surface area contributed by atoms with Crippen molar-refractivity contribution in [2.45, 2.75) is 44.8 Å². The van der Waals surface area contributed by atoms with E-state index >= 15 is 0 Å². The van der Waals surface area contributed by atoms with Crippen molar-refractivity contribution < 1.29 is 9.47 Å². The van der Waals surface area contributed by atoms with Crippen molar-refractivity contribution in [1.82, 2.24) is 4.98 Å². The average molecular weight is 281 g/mol. The Morgan fingerprint density at radius 3 is 2.79 bits per heavy atom. The monoisotopic (exact) mass is 281 g/mol. The highest BCUT2D eigenvalue weighted by atomic mass is 32.2. The van der Waals surface area contributed by atoms with Gasteiger partial charge in [0.1, 0.15) is 11.9 Å². The van der Waals surface area contributed by atoms with E-state index in [9.17, 15) is 0 Å². The molecule has 1 aliphatic carbocycles. The Kier molecular flexibility index (Phi) is 5.98. The normalized spacial score (nSPS) is 22.0. The van der Waals surface area contributed by atoms with Crippen LogP contribution in [-0.2, 0) is 11.2 Å². The van der Waals surface area contributed by atoms with Gasteiger partial charge in [0.25, 0.3) is 0 Å². The smallest absolute Gasteiger partial charge is 0.138 e. The fourth-order valence-electron chi connectivity index (χ4n) is 2.20. The van der Waals surface area contributed by atoms with Gasteiger partial charge >= 0.3 is 0 Å². The van der Waals surface area contributed by atoms with Crippen LogP contribution in [0.2, 0.25) is 0 Å². The van der Waals surface area contributed by atoms with Crippen molar-refractivity contribution >= 4 is 11.8 Å². The van der Waals surface area contributed by atoms with E-state index in [2.05, 4.69) is 17.3 Å². The van der Waals surface area contributed by atoms with Gasteiger partial charge in [0, 0.05) is 25.1 Å². The number of pyridine rings is 1. The zero-order valence-corrected chi connectivity index (χ0v) is 12.6. The molecule has 0 unspecified atom stereocenters. The van der Waals surface area contributed by atoms with Crippen LogP contribution >= 0.6 is 11.8 Å². The summed E-state index contributed by atoms with van der Waals surface area (Å²) >= 11 is 1.88. The highest BCUT2D eigenvalue weighted by molar-refractivity contribution is 7.98. The molecule has 0 N–H and O–H groups in total. The summed E-state index contributed by atoms with van der Waals surface area (Å²) < 4.78 is 11.4. The van der Waals surface area contributed by atoms with Crippen LogP contribution in [0, 0.1) is 0 Å². The van der Waals surface area contributed by atoms with E-state index in [0.29, 0.717) is 12.2 Å². The van der Waals surface area contributed by atoms with Gasteiger partial charge in [-0.05, 0) is 43.9 Å². The van der Waals surface area contributed by atoms with Crippen LogP contribution < -0.4 is 4.74 Å². The van der Waals surface area contributed by atoms with Crippen LogP contribution in [0.15, 0.2) is 18.3 Å². The Hall–Kier alpha value is -0.740. The molecule has 106 valence electrons. The third kappa shape index (κ3) is 4.69. The van der Waals surface area contributed by atoms with E-state index in [0.717, 1.165) is 37.3 Å². The molecule has 0 saturated heterocycles. The summed E-state index contributed by atoms with van der Waals surface area (Å²) in [6, 6.07) is 4.11. The Morgan fingerprint density at radius 2 is 2.16 bits per heavy atom. The summed E-state index contributed by atoms with van der Waals surface area (Å²) in [4.78, 5) is 4.45. The standard InChI is InChI=1S/C15H23NO2S/c1-3-17-14-9-15(10-14)18-13-7-6-12(16-11-13)5-4-8-19-2/h6-7,11,14-15H,3-5,8-10H2,1-2H3. The van der Waals surface area contributed by atoms with E-state index in [1.165, 1.54) is 12.2 Å². The molecule has 1 aliphatic rings. The number of rotatable bonds is 8. The highest BCUT2D eigenvalue weighted by Gasteiger charge is 2.31. The molecule has 0 atom stereocenters. The molecule has 1 aromatic heterocycles. The van der Waals surface area contributed by atoms with Crippen LogP contribution in [0.1, 0.15) is 31.9 Å². The van der Waals surface area contributed by atoms with Crippen molar-refractivity contribution in [3.8, 4) is 5.75 Å². The second-order valence-electron chi connectivity index (χ2n) is 4.87. The summed E-state index contributed by atoms with van der Waals surface area (Å²) in [7, 11) is 0. The van der Waals surface area contributed by atoms with Gasteiger partial charge in [-0.1, -0.05) is 0 Å². The van der Waals surface area contributed by atoms with Crippen LogP contribution in [0.3, 0.4) is 0 Å². The number of hydrogen-bond acceptors (Lipinski definition) is 4. The first kappa shape index (κ1) is 14.7. The van der Waals surface area contributed by atoms with E-state index in [-0.39, 0.29) is 0 Å². The van der Waals surface area contributed by atoms with Crippen molar-refractivity contribution in [3.05, 3.63) is 24.0 Å². The quantitative estimate of drug-likeness (QED) is 0.684. The molecule has 19 heavy (non-hydrogen) atoms. The van der Waals surface area contributed by atoms with Crippen molar-refractivity contribution in [2.75, 3.05) is 18.6 Å². The maximum Gasteiger partial charge on any atom is 0.138 e. The number of ether oxygens (including phenoxy) is 2. The minimum atomic E-state index is 0.306. The molecule has 1 aromatic rings. The first-order chi connectivity index (χ1) is 9.31. The lowest BCUT2D eigenvalue weighted by molar-refractivity contribution is -0.0564. The van der Waals surface area contributed by atoms with Crippen molar-refractivity contribution in [1.29, 1.82) is 0 Å². The SMILES string of the molecule is CCOC1CC(Oc2ccc(CCCSC)nc2)C1. The van der Waals surface area contributed by atoms with Crippen LogP contribution in [0.25, 0.3) is 0 Å². The van der Waals surface area contributed by atoms with Gasteiger partial charge in [0.2, 0.25) is 0 Å². The third-order valence-corrected chi connectivity index (χ3v) is 4.03. The minimum absolute atomic E-state index is 0.306. The Balaban J connectivity index is 1.70. The summed E-state index contributed by atoms with van der Waals surface area (Å²) in [5.41, 5.74) is 1.15. The number of aryl methyl sites for hydroxylation is 1. The van der Waals surface area contributed by atoms with E-state index in [1.807, 2.05) is 30.9 Å². The molecule has 1 saturated carbocycles. The second kappa shape index (κ2) is 7.75. The first-order valence-electron chi connectivity index (χ1n) is 7.04. The lowest BCUT2D eigenvalue weighted by Gasteiger charge is -2.34. The predicted octanol–water partition coefficient (Wildman–Crippen LogP) is 3.32. The van der Waals surface area contributed by atoms with Gasteiger partial charge in [0.05, 0.1) is 12.3 Å². The molecular formula is C15H23NO2S. The van der Waals surface area contributed by atoms with E-state index < -0.39 is 0 Å². The molecule has 1 fully saturated rings. The second-order valence-corrected chi connectivity index (χ2v) is 5.86. The summed E-state index contributed by atoms with van der Waals surface area (Å²) in [5.74, 6) is 2.08. The fourth-order valence-corrected chi connectivity index (χ4v) is 2.64. The van der Waals surface area contributed by atoms with Gasteiger partial charge in [-0.15, -0.1) is 0 Å². The van der Waals surface area contributed by atoms with Gasteiger partial charge in [-0.2, -0.15) is 11.8 Å². The van der Waals surface area contributed by atoms with E-state index in [1.54, 1.807) is 0 Å². The molecule has 4 heteroatoms. The molecule has 0 amide bonds. The van der Waals surface area contributed by atoms with Crippen LogP contribution in [0.5, 0.6) is 5.75 Å². The summed E-state index contributed by atoms with van der Waals surface area (Å²) in [6.45, 7) is 2.83. The molecule has 0 aliphatic heterocycles. The Bertz CT molecular complexity index is 363. The largest absolute Gasteiger partial charge is 0.489 e. The van der Waals surface area contributed by atoms with Crippen LogP contribution in [0.4, 0.5) is 0 Å². The van der Waals surface area contributed by atoms with E-state index in [4.69, 9.17) is 9.47 Å². The molecule has 0 bridgehead atoms. The molecular weight excluding hydrogens is 258 g/mol. The number of nitrogens with zero attached hydrogens (tertiary/aromatic N) is 1. The molecule has 0 radical (unpaired) electrons. The number of hydrogen-bond donors (Lipinski definition) is 0. The average Bonchev–Trinajstić information content (AvgIpc) is 2.38. The lowest BCUT2D eigenvalue weighted by atomic mass is 9.92. The molecule has 2 rings (SSSR count). The fraction of sp³-hybridized carbons (Fsp3) is 0.667. The summed E-state index contributed by atoms with van der Waals surface area (Å²) in [5, 5.41) is 0. The van der Waals surface area contributed by atoms with Gasteiger partial charge in [-0.25, -0.2) is 0 Å². The zero-order chi connectivity index (χ0) is 13.5. The topological polar surface area (TPSA) is 31.4 Å². The molecule has 1 heterocycles. The lowest BCUT2D eigenvalue weighted by Crippen LogP contribution is -2.39. The summed E-state index contributed by atoms with van der Waals surface area (Å²) in [6.07, 6.45) is 8.94. The number of thioether (sulfide) groups is 1. The first-order valence-corrected chi connectivity index (χ1v) is 8.43. The van der Waals surface area contributed by atoms with Gasteiger partial charge in [-0.3, -0.25) is 4.98 Å². The Morgan fingerprint density at radius 1 is 1.32 bits per heavy atom. The maximum atomic E-state index is 5.86. The van der Waals surface area contributed by atoms with Crippen molar-refractivity contribution in [3.63, 3.8) is 0 Å². The number of aromatic nitrogens is 1. The van der Waals surface area contributed by atoms with Gasteiger partial charge in [0.15, 0.2) is 0 Å². The molecule has 0 aromatic carbocycles. The molecule has 0 spiro atoms. The van der Waals surface area contributed by atoms with Crippen LogP contribution in [-0.4, -0.2) is 35.8 Å². The zero-order valence-electron chi connectivity index (χ0n) is 11.8. The Labute approximate surface area is 120 Å². The molecule has 3 nitrogen and oxygen atoms in total. The third-order valence-electron chi connectivity index (χ3n) is 3.34. The van der Waals surface area contributed by atoms with Crippen molar-refractivity contribution in [2.24, 2.45) is 0 Å². The highest BCUT2D eigenvalue weighted by Crippen LogP contribution is 2.27. The maximum absolute atomic E-state index is 5.86. The predicted molar refractivity (Wildman–Crippen MR) is 80.0 cm³/mol. The van der Waals surface area contributed by atoms with Gasteiger partial charge < -0.3 is 9.47 Å².